The Balaban J connectivity index is 1.94. The number of hydrogen-bond acceptors (Lipinski definition) is 7. The number of rotatable bonds is 11. The molecule has 3 rings (SSSR count). The Hall–Kier alpha value is -2.52. The number of benzene rings is 1. The minimum Gasteiger partial charge on any atom is -0.479 e. The van der Waals surface area contributed by atoms with E-state index in [1.54, 1.807) is 7.11 Å². The first-order valence-electron chi connectivity index (χ1n) is 10.1. The van der Waals surface area contributed by atoms with Crippen molar-refractivity contribution in [3.63, 3.8) is 0 Å². The van der Waals surface area contributed by atoms with Gasteiger partial charge in [0.05, 0.1) is 19.8 Å². The van der Waals surface area contributed by atoms with Crippen molar-refractivity contribution in [2.45, 2.75) is 32.7 Å². The van der Waals surface area contributed by atoms with Crippen LogP contribution in [0.2, 0.25) is 0 Å². The average molecular weight is 415 g/mol. The third-order valence-electron chi connectivity index (χ3n) is 5.33. The molecule has 8 nitrogen and oxygen atoms in total. The van der Waals surface area contributed by atoms with Gasteiger partial charge in [0.25, 0.3) is 0 Å². The summed E-state index contributed by atoms with van der Waals surface area (Å²) in [5.74, 6) is 0.0778. The second kappa shape index (κ2) is 10.5. The van der Waals surface area contributed by atoms with Gasteiger partial charge in [0.2, 0.25) is 5.88 Å². The van der Waals surface area contributed by atoms with Crippen molar-refractivity contribution in [3.8, 4) is 5.88 Å². The molecule has 0 bridgehead atoms. The number of aromatic nitrogens is 3. The third-order valence-corrected chi connectivity index (χ3v) is 5.33. The first kappa shape index (κ1) is 22.2. The van der Waals surface area contributed by atoms with Gasteiger partial charge < -0.3 is 24.6 Å². The van der Waals surface area contributed by atoms with Crippen LogP contribution >= 0.6 is 0 Å². The molecule has 2 heterocycles. The van der Waals surface area contributed by atoms with Gasteiger partial charge in [0.15, 0.2) is 0 Å². The summed E-state index contributed by atoms with van der Waals surface area (Å²) in [4.78, 5) is 10.9. The number of aryl methyl sites for hydroxylation is 1. The molecule has 0 radical (unpaired) electrons. The van der Waals surface area contributed by atoms with Gasteiger partial charge >= 0.3 is 0 Å². The Labute approximate surface area is 176 Å². The standard InChI is InChI=1S/C22H30N4O4/c1-3-26-12-17(20-21(26)22(30-2)24-15-23-20)10-25(9-16-7-5-4-6-8-16)11-18(13-27)19(29)14-28/h4-8,12,15,18-19,27-29H,3,9-11,13-14H2,1-2H3/t18?,19-/m0/s1. The highest BCUT2D eigenvalue weighted by molar-refractivity contribution is 5.83. The summed E-state index contributed by atoms with van der Waals surface area (Å²) in [7, 11) is 1.60. The number of methoxy groups -OCH3 is 1. The van der Waals surface area contributed by atoms with Gasteiger partial charge in [0.1, 0.15) is 17.4 Å². The molecule has 1 unspecified atom stereocenters. The minimum absolute atomic E-state index is 0.209. The molecule has 0 amide bonds. The van der Waals surface area contributed by atoms with Crippen LogP contribution in [0.15, 0.2) is 42.9 Å². The van der Waals surface area contributed by atoms with E-state index in [0.29, 0.717) is 25.5 Å². The molecule has 0 aliphatic rings. The molecular formula is C22H30N4O4. The summed E-state index contributed by atoms with van der Waals surface area (Å²) in [5, 5.41) is 29.2. The molecule has 162 valence electrons. The van der Waals surface area contributed by atoms with Crippen molar-refractivity contribution in [1.82, 2.24) is 19.4 Å². The molecule has 0 aliphatic carbocycles. The van der Waals surface area contributed by atoms with Gasteiger partial charge in [-0.2, -0.15) is 4.98 Å². The van der Waals surface area contributed by atoms with E-state index < -0.39 is 12.0 Å². The van der Waals surface area contributed by atoms with Gasteiger partial charge in [-0.25, -0.2) is 4.98 Å². The minimum atomic E-state index is -0.979. The van der Waals surface area contributed by atoms with Crippen molar-refractivity contribution < 1.29 is 20.1 Å². The zero-order valence-electron chi connectivity index (χ0n) is 17.5. The molecule has 0 aliphatic heterocycles. The summed E-state index contributed by atoms with van der Waals surface area (Å²) in [6, 6.07) is 10.0. The Morgan fingerprint density at radius 3 is 2.50 bits per heavy atom. The first-order valence-corrected chi connectivity index (χ1v) is 10.1. The van der Waals surface area contributed by atoms with Gasteiger partial charge in [-0.3, -0.25) is 4.90 Å². The maximum Gasteiger partial charge on any atom is 0.241 e. The number of aliphatic hydroxyl groups excluding tert-OH is 3. The molecule has 3 aromatic rings. The van der Waals surface area contributed by atoms with Crippen LogP contribution in [-0.4, -0.2) is 67.7 Å². The van der Waals surface area contributed by atoms with Crippen LogP contribution < -0.4 is 4.74 Å². The number of hydrogen-bond donors (Lipinski definition) is 3. The summed E-state index contributed by atoms with van der Waals surface area (Å²) >= 11 is 0. The second-order valence-corrected chi connectivity index (χ2v) is 7.37. The summed E-state index contributed by atoms with van der Waals surface area (Å²) in [6.07, 6.45) is 2.57. The molecule has 2 aromatic heterocycles. The lowest BCUT2D eigenvalue weighted by molar-refractivity contribution is 0.00447. The summed E-state index contributed by atoms with van der Waals surface area (Å²) in [6.45, 7) is 3.83. The molecule has 3 N–H and O–H groups in total. The first-order chi connectivity index (χ1) is 14.6. The van der Waals surface area contributed by atoms with Gasteiger partial charge in [-0.05, 0) is 12.5 Å². The van der Waals surface area contributed by atoms with Gasteiger partial charge in [0, 0.05) is 50.5 Å². The van der Waals surface area contributed by atoms with Crippen LogP contribution in [0.3, 0.4) is 0 Å². The van der Waals surface area contributed by atoms with E-state index in [0.717, 1.165) is 28.7 Å². The van der Waals surface area contributed by atoms with E-state index in [1.807, 2.05) is 30.3 Å². The van der Waals surface area contributed by atoms with E-state index >= 15 is 0 Å². The molecule has 0 spiro atoms. The number of nitrogens with zero attached hydrogens (tertiary/aromatic N) is 4. The van der Waals surface area contributed by atoms with Crippen LogP contribution in [0, 0.1) is 5.92 Å². The van der Waals surface area contributed by atoms with Crippen molar-refractivity contribution >= 4 is 11.0 Å². The highest BCUT2D eigenvalue weighted by atomic mass is 16.5. The molecule has 30 heavy (non-hydrogen) atoms. The number of aliphatic hydroxyl groups is 3. The van der Waals surface area contributed by atoms with E-state index in [4.69, 9.17) is 4.74 Å². The maximum atomic E-state index is 10.1. The topological polar surface area (TPSA) is 104 Å². The molecule has 0 saturated carbocycles. The van der Waals surface area contributed by atoms with Crippen molar-refractivity contribution in [2.75, 3.05) is 26.9 Å². The Morgan fingerprint density at radius 2 is 1.87 bits per heavy atom. The molecule has 0 saturated heterocycles. The molecule has 2 atom stereocenters. The summed E-state index contributed by atoms with van der Waals surface area (Å²) in [5.41, 5.74) is 3.81. The average Bonchev–Trinajstić information content (AvgIpc) is 3.15. The number of fused-ring (bicyclic) bond motifs is 1. The van der Waals surface area contributed by atoms with Crippen molar-refractivity contribution in [1.29, 1.82) is 0 Å². The monoisotopic (exact) mass is 414 g/mol. The SMILES string of the molecule is CCn1cc(CN(Cc2ccccc2)CC(CO)[C@@H](O)CO)c2ncnc(OC)c21. The zero-order valence-corrected chi connectivity index (χ0v) is 17.5. The Bertz CT molecular complexity index is 932. The number of ether oxygens (including phenoxy) is 1. The van der Waals surface area contributed by atoms with Crippen LogP contribution in [-0.2, 0) is 19.6 Å². The van der Waals surface area contributed by atoms with Crippen molar-refractivity contribution in [3.05, 3.63) is 54.0 Å². The molecule has 0 fully saturated rings. The smallest absolute Gasteiger partial charge is 0.241 e. The van der Waals surface area contributed by atoms with E-state index in [1.165, 1.54) is 6.33 Å². The van der Waals surface area contributed by atoms with Crippen molar-refractivity contribution in [2.24, 2.45) is 5.92 Å². The van der Waals surface area contributed by atoms with E-state index in [2.05, 4.69) is 32.6 Å². The van der Waals surface area contributed by atoms with Gasteiger partial charge in [-0.1, -0.05) is 30.3 Å². The molecule has 8 heteroatoms. The Morgan fingerprint density at radius 1 is 1.10 bits per heavy atom. The lowest BCUT2D eigenvalue weighted by Gasteiger charge is -2.28. The third kappa shape index (κ3) is 4.96. The van der Waals surface area contributed by atoms with Crippen LogP contribution in [0.25, 0.3) is 11.0 Å². The quantitative estimate of drug-likeness (QED) is 0.436. The largest absolute Gasteiger partial charge is 0.479 e. The van der Waals surface area contributed by atoms with Crippen LogP contribution in [0.5, 0.6) is 5.88 Å². The van der Waals surface area contributed by atoms with Gasteiger partial charge in [-0.15, -0.1) is 0 Å². The second-order valence-electron chi connectivity index (χ2n) is 7.37. The predicted molar refractivity (Wildman–Crippen MR) is 114 cm³/mol. The highest BCUT2D eigenvalue weighted by Crippen LogP contribution is 2.27. The lowest BCUT2D eigenvalue weighted by Crippen LogP contribution is -2.38. The van der Waals surface area contributed by atoms with Crippen LogP contribution in [0.4, 0.5) is 0 Å². The maximum absolute atomic E-state index is 10.1. The predicted octanol–water partition coefficient (Wildman–Crippen LogP) is 1.42. The van der Waals surface area contributed by atoms with Crippen LogP contribution in [0.1, 0.15) is 18.1 Å². The summed E-state index contributed by atoms with van der Waals surface area (Å²) < 4.78 is 7.50. The zero-order chi connectivity index (χ0) is 21.5. The fourth-order valence-electron chi connectivity index (χ4n) is 3.73. The Kier molecular flexibility index (Phi) is 7.75. The molecule has 1 aromatic carbocycles. The van der Waals surface area contributed by atoms with E-state index in [-0.39, 0.29) is 13.2 Å². The normalized spacial score (nSPS) is 13.7. The molecular weight excluding hydrogens is 384 g/mol. The van der Waals surface area contributed by atoms with E-state index in [9.17, 15) is 15.3 Å². The fourth-order valence-corrected chi connectivity index (χ4v) is 3.73. The lowest BCUT2D eigenvalue weighted by atomic mass is 10.0. The fraction of sp³-hybridized carbons (Fsp3) is 0.455. The highest BCUT2D eigenvalue weighted by Gasteiger charge is 2.23.